The molecule has 0 atom stereocenters. The summed E-state index contributed by atoms with van der Waals surface area (Å²) in [6.07, 6.45) is 1.56. The van der Waals surface area contributed by atoms with Crippen molar-refractivity contribution >= 4 is 28.1 Å². The second-order valence-electron chi connectivity index (χ2n) is 4.68. The fourth-order valence-corrected chi connectivity index (χ4v) is 2.00. The number of nitrogens with one attached hydrogen (secondary N) is 1. The number of carbonyl (C=O) groups is 1. The van der Waals surface area contributed by atoms with E-state index in [9.17, 15) is 4.79 Å². The molecule has 0 heterocycles. The van der Waals surface area contributed by atoms with E-state index in [2.05, 4.69) is 26.4 Å². The Morgan fingerprint density at radius 3 is 2.52 bits per heavy atom. The minimum atomic E-state index is -0.228. The van der Waals surface area contributed by atoms with Crippen LogP contribution >= 0.6 is 15.9 Å². The van der Waals surface area contributed by atoms with Gasteiger partial charge >= 0.3 is 0 Å². The van der Waals surface area contributed by atoms with E-state index in [0.717, 1.165) is 21.3 Å². The molecule has 1 N–H and O–H groups in total. The van der Waals surface area contributed by atoms with Gasteiger partial charge in [0.2, 0.25) is 0 Å². The van der Waals surface area contributed by atoms with Crippen molar-refractivity contribution in [2.24, 2.45) is 5.16 Å². The number of hydrogen-bond donors (Lipinski definition) is 1. The van der Waals surface area contributed by atoms with Crippen molar-refractivity contribution in [3.05, 3.63) is 64.1 Å². The van der Waals surface area contributed by atoms with Gasteiger partial charge in [0.15, 0.2) is 6.61 Å². The fraction of sp³-hybridized carbons (Fsp3) is 0.176. The van der Waals surface area contributed by atoms with Gasteiger partial charge in [-0.15, -0.1) is 0 Å². The lowest BCUT2D eigenvalue weighted by atomic mass is 10.2. The highest BCUT2D eigenvalue weighted by molar-refractivity contribution is 9.10. The first-order chi connectivity index (χ1) is 11.2. The Labute approximate surface area is 143 Å². The first-order valence-electron chi connectivity index (χ1n) is 6.98. The smallest absolute Gasteiger partial charge is 0.261 e. The highest BCUT2D eigenvalue weighted by Gasteiger charge is 2.01. The summed E-state index contributed by atoms with van der Waals surface area (Å²) < 4.78 is 6.07. The van der Waals surface area contributed by atoms with Crippen LogP contribution in [0.4, 0.5) is 0 Å². The van der Waals surface area contributed by atoms with Crippen LogP contribution in [0.2, 0.25) is 0 Å². The molecule has 23 heavy (non-hydrogen) atoms. The Kier molecular flexibility index (Phi) is 6.62. The molecule has 0 aliphatic heterocycles. The average molecular weight is 377 g/mol. The quantitative estimate of drug-likeness (QED) is 0.596. The van der Waals surface area contributed by atoms with Crippen LogP contribution in [0, 0.1) is 0 Å². The van der Waals surface area contributed by atoms with Crippen molar-refractivity contribution in [3.63, 3.8) is 0 Å². The number of nitrogens with zero attached hydrogens (tertiary/aromatic N) is 1. The number of benzene rings is 2. The van der Waals surface area contributed by atoms with Crippen molar-refractivity contribution in [2.75, 3.05) is 13.7 Å². The Hall–Kier alpha value is -2.34. The summed E-state index contributed by atoms with van der Waals surface area (Å²) >= 11 is 3.36. The van der Waals surface area contributed by atoms with Gasteiger partial charge in [0.25, 0.3) is 5.91 Å². The average Bonchev–Trinajstić information content (AvgIpc) is 2.59. The predicted octanol–water partition coefficient (Wildman–Crippen LogP) is 3.12. The Morgan fingerprint density at radius 1 is 1.17 bits per heavy atom. The van der Waals surface area contributed by atoms with E-state index < -0.39 is 0 Å². The molecule has 0 spiro atoms. The van der Waals surface area contributed by atoms with Crippen LogP contribution in [0.25, 0.3) is 0 Å². The van der Waals surface area contributed by atoms with Gasteiger partial charge in [-0.05, 0) is 35.4 Å². The third-order valence-corrected chi connectivity index (χ3v) is 3.52. The van der Waals surface area contributed by atoms with Crippen molar-refractivity contribution in [3.8, 4) is 5.75 Å². The largest absolute Gasteiger partial charge is 0.497 e. The molecule has 0 saturated carbocycles. The Balaban J connectivity index is 1.69. The molecule has 0 aliphatic rings. The molecule has 0 unspecified atom stereocenters. The molecule has 5 nitrogen and oxygen atoms in total. The summed E-state index contributed by atoms with van der Waals surface area (Å²) in [5, 5.41) is 6.53. The molecule has 0 bridgehead atoms. The number of halogens is 1. The lowest BCUT2D eigenvalue weighted by molar-refractivity contribution is -0.125. The number of ether oxygens (including phenoxy) is 1. The molecular weight excluding hydrogens is 360 g/mol. The van der Waals surface area contributed by atoms with Gasteiger partial charge in [-0.1, -0.05) is 45.4 Å². The van der Waals surface area contributed by atoms with E-state index in [0.29, 0.717) is 6.54 Å². The maximum absolute atomic E-state index is 11.7. The van der Waals surface area contributed by atoms with E-state index in [4.69, 9.17) is 9.57 Å². The van der Waals surface area contributed by atoms with Crippen molar-refractivity contribution in [1.29, 1.82) is 0 Å². The molecular formula is C17H17BrN2O3. The summed E-state index contributed by atoms with van der Waals surface area (Å²) in [5.41, 5.74) is 1.88. The van der Waals surface area contributed by atoms with Gasteiger partial charge in [0.1, 0.15) is 5.75 Å². The van der Waals surface area contributed by atoms with Gasteiger partial charge in [-0.3, -0.25) is 4.79 Å². The number of hydrogen-bond acceptors (Lipinski definition) is 4. The maximum atomic E-state index is 11.7. The van der Waals surface area contributed by atoms with Gasteiger partial charge in [-0.25, -0.2) is 0 Å². The normalized spacial score (nSPS) is 10.5. The number of methoxy groups -OCH3 is 1. The van der Waals surface area contributed by atoms with Crippen LogP contribution in [0.1, 0.15) is 11.1 Å². The van der Waals surface area contributed by atoms with Crippen LogP contribution in [-0.4, -0.2) is 25.8 Å². The number of oxime groups is 1. The van der Waals surface area contributed by atoms with Crippen molar-refractivity contribution < 1.29 is 14.4 Å². The third-order valence-electron chi connectivity index (χ3n) is 2.99. The lowest BCUT2D eigenvalue weighted by Gasteiger charge is -2.05. The second kappa shape index (κ2) is 8.95. The summed E-state index contributed by atoms with van der Waals surface area (Å²) in [6.45, 7) is 0.311. The summed E-state index contributed by atoms with van der Waals surface area (Å²) in [6, 6.07) is 15.1. The third kappa shape index (κ3) is 6.12. The molecule has 2 rings (SSSR count). The lowest BCUT2D eigenvalue weighted by Crippen LogP contribution is -2.26. The monoisotopic (exact) mass is 376 g/mol. The molecule has 1 amide bonds. The summed E-state index contributed by atoms with van der Waals surface area (Å²) in [4.78, 5) is 16.6. The molecule has 0 saturated heterocycles. The van der Waals surface area contributed by atoms with E-state index in [1.165, 1.54) is 0 Å². The predicted molar refractivity (Wildman–Crippen MR) is 92.5 cm³/mol. The topological polar surface area (TPSA) is 59.9 Å². The SMILES string of the molecule is COc1ccc(CNC(=O)CO/N=C\c2ccc(Br)cc2)cc1. The van der Waals surface area contributed by atoms with Crippen LogP contribution in [0.15, 0.2) is 58.2 Å². The van der Waals surface area contributed by atoms with Gasteiger partial charge in [0.05, 0.1) is 13.3 Å². The van der Waals surface area contributed by atoms with E-state index in [-0.39, 0.29) is 12.5 Å². The first kappa shape index (κ1) is 17.0. The molecule has 0 fully saturated rings. The zero-order chi connectivity index (χ0) is 16.5. The van der Waals surface area contributed by atoms with E-state index >= 15 is 0 Å². The highest BCUT2D eigenvalue weighted by atomic mass is 79.9. The first-order valence-corrected chi connectivity index (χ1v) is 7.77. The molecule has 6 heteroatoms. The minimum Gasteiger partial charge on any atom is -0.497 e. The number of rotatable bonds is 7. The maximum Gasteiger partial charge on any atom is 0.261 e. The van der Waals surface area contributed by atoms with Crippen molar-refractivity contribution in [1.82, 2.24) is 5.32 Å². The van der Waals surface area contributed by atoms with Gasteiger partial charge < -0.3 is 14.9 Å². The molecule has 2 aromatic rings. The van der Waals surface area contributed by atoms with E-state index in [1.807, 2.05) is 48.5 Å². The molecule has 120 valence electrons. The standard InChI is InChI=1S/C17H17BrN2O3/c1-22-16-8-4-13(5-9-16)10-19-17(21)12-23-20-11-14-2-6-15(18)7-3-14/h2-9,11H,10,12H2,1H3,(H,19,21)/b20-11-. The molecule has 0 aromatic heterocycles. The molecule has 2 aromatic carbocycles. The molecule has 0 aliphatic carbocycles. The second-order valence-corrected chi connectivity index (χ2v) is 5.60. The highest BCUT2D eigenvalue weighted by Crippen LogP contribution is 2.11. The van der Waals surface area contributed by atoms with Gasteiger partial charge in [0, 0.05) is 11.0 Å². The summed E-state index contributed by atoms with van der Waals surface area (Å²) in [5.74, 6) is 0.555. The number of carbonyl (C=O) groups excluding carboxylic acids is 1. The van der Waals surface area contributed by atoms with Crippen LogP contribution in [-0.2, 0) is 16.2 Å². The number of amides is 1. The Bertz CT molecular complexity index is 655. The van der Waals surface area contributed by atoms with Gasteiger partial charge in [-0.2, -0.15) is 0 Å². The minimum absolute atomic E-state index is 0.122. The zero-order valence-corrected chi connectivity index (χ0v) is 14.2. The molecule has 0 radical (unpaired) electrons. The fourth-order valence-electron chi connectivity index (χ4n) is 1.74. The van der Waals surface area contributed by atoms with Crippen LogP contribution in [0.5, 0.6) is 5.75 Å². The van der Waals surface area contributed by atoms with Crippen LogP contribution in [0.3, 0.4) is 0 Å². The van der Waals surface area contributed by atoms with Crippen LogP contribution < -0.4 is 10.1 Å². The van der Waals surface area contributed by atoms with E-state index in [1.54, 1.807) is 13.3 Å². The van der Waals surface area contributed by atoms with Crippen molar-refractivity contribution in [2.45, 2.75) is 6.54 Å². The Morgan fingerprint density at radius 2 is 1.87 bits per heavy atom. The summed E-state index contributed by atoms with van der Waals surface area (Å²) in [7, 11) is 1.61. The zero-order valence-electron chi connectivity index (χ0n) is 12.7.